The zero-order chi connectivity index (χ0) is 40.6. The summed E-state index contributed by atoms with van der Waals surface area (Å²) in [6.45, 7) is 0. The van der Waals surface area contributed by atoms with Crippen LogP contribution in [0.25, 0.3) is 105 Å². The number of hydrogen-bond donors (Lipinski definition) is 0. The minimum absolute atomic E-state index is 0.568. The molecule has 0 radical (unpaired) electrons. The Hall–Kier alpha value is -8.64. The molecule has 0 N–H and O–H groups in total. The second-order valence-electron chi connectivity index (χ2n) is 15.5. The average Bonchev–Trinajstić information content (AvgIpc) is 3.97. The maximum atomic E-state index is 10.4. The quantitative estimate of drug-likeness (QED) is 0.175. The number of fused-ring (bicyclic) bond motifs is 9. The van der Waals surface area contributed by atoms with Crippen molar-refractivity contribution < 1.29 is 0 Å². The molecule has 0 aliphatic heterocycles. The number of para-hydroxylation sites is 6. The van der Waals surface area contributed by atoms with Gasteiger partial charge in [-0.25, -0.2) is 0 Å². The molecule has 9 aromatic carbocycles. The van der Waals surface area contributed by atoms with Gasteiger partial charge in [0.15, 0.2) is 0 Å². The van der Waals surface area contributed by atoms with E-state index < -0.39 is 0 Å². The topological polar surface area (TPSA) is 62.4 Å². The minimum atomic E-state index is 0.568. The first-order chi connectivity index (χ1) is 30.2. The summed E-state index contributed by atoms with van der Waals surface area (Å²) in [6.07, 6.45) is 0. The van der Waals surface area contributed by atoms with E-state index in [4.69, 9.17) is 0 Å². The first-order valence-corrected chi connectivity index (χ1v) is 20.4. The Morgan fingerprint density at radius 2 is 0.590 bits per heavy atom. The summed E-state index contributed by atoms with van der Waals surface area (Å²) in [5, 5.41) is 27.8. The Kier molecular flexibility index (Phi) is 7.59. The van der Waals surface area contributed by atoms with Crippen LogP contribution in [0.1, 0.15) is 11.1 Å². The number of nitrogens with zero attached hydrogens (tertiary/aromatic N) is 5. The van der Waals surface area contributed by atoms with Crippen molar-refractivity contribution in [2.75, 3.05) is 0 Å². The first kappa shape index (κ1) is 34.4. The number of hydrogen-bond acceptors (Lipinski definition) is 2. The maximum Gasteiger partial charge on any atom is 0.0991 e. The molecule has 3 heterocycles. The van der Waals surface area contributed by atoms with Crippen molar-refractivity contribution in [2.45, 2.75) is 0 Å². The van der Waals surface area contributed by atoms with Crippen LogP contribution in [0.2, 0.25) is 0 Å². The van der Waals surface area contributed by atoms with Gasteiger partial charge in [0.2, 0.25) is 0 Å². The Labute approximate surface area is 351 Å². The smallest absolute Gasteiger partial charge is 0.0991 e. The molecular formula is C56H33N5. The van der Waals surface area contributed by atoms with E-state index in [2.05, 4.69) is 190 Å². The molecule has 0 saturated carbocycles. The van der Waals surface area contributed by atoms with Crippen molar-refractivity contribution in [1.82, 2.24) is 13.7 Å². The average molecular weight is 776 g/mol. The number of rotatable bonds is 5. The fourth-order valence-electron chi connectivity index (χ4n) is 9.80. The predicted octanol–water partition coefficient (Wildman–Crippen LogP) is 14.1. The van der Waals surface area contributed by atoms with Gasteiger partial charge in [0, 0.05) is 43.4 Å². The fourth-order valence-corrected chi connectivity index (χ4v) is 9.80. The molecule has 12 rings (SSSR count). The number of benzene rings is 9. The molecule has 0 aliphatic carbocycles. The van der Waals surface area contributed by atoms with Gasteiger partial charge in [0.05, 0.1) is 73.4 Å². The highest BCUT2D eigenvalue weighted by atomic mass is 15.1. The van der Waals surface area contributed by atoms with Gasteiger partial charge in [0.1, 0.15) is 0 Å². The lowest BCUT2D eigenvalue weighted by Crippen LogP contribution is -2.10. The standard InChI is InChI=1S/C56H33N5/c57-34-36-15-13-17-38(31-36)54-52(59-46-25-7-1-19-40(46)41-20-2-8-26-47(41)59)33-53(60-48-27-9-3-21-42(48)43-22-4-10-28-49(43)60)55(39-18-14-16-37(32-39)35-58)56(54)61-50-29-11-5-23-44(50)45-24-6-12-30-51(45)61/h1-33H. The van der Waals surface area contributed by atoms with Crippen LogP contribution >= 0.6 is 0 Å². The monoisotopic (exact) mass is 775 g/mol. The van der Waals surface area contributed by atoms with Gasteiger partial charge in [-0.1, -0.05) is 133 Å². The van der Waals surface area contributed by atoms with Gasteiger partial charge in [-0.15, -0.1) is 0 Å². The molecule has 0 bridgehead atoms. The molecular weight excluding hydrogens is 743 g/mol. The van der Waals surface area contributed by atoms with Gasteiger partial charge in [-0.2, -0.15) is 10.5 Å². The van der Waals surface area contributed by atoms with Crippen LogP contribution in [-0.4, -0.2) is 13.7 Å². The molecule has 0 amide bonds. The predicted molar refractivity (Wildman–Crippen MR) is 250 cm³/mol. The van der Waals surface area contributed by atoms with Crippen LogP contribution in [0.3, 0.4) is 0 Å². The van der Waals surface area contributed by atoms with Crippen molar-refractivity contribution in [2.24, 2.45) is 0 Å². The van der Waals surface area contributed by atoms with E-state index in [-0.39, 0.29) is 0 Å². The molecule has 5 nitrogen and oxygen atoms in total. The molecule has 0 fully saturated rings. The van der Waals surface area contributed by atoms with Crippen molar-refractivity contribution in [3.05, 3.63) is 211 Å². The summed E-state index contributed by atoms with van der Waals surface area (Å²) in [6, 6.07) is 74.9. The molecule has 0 spiro atoms. The van der Waals surface area contributed by atoms with Crippen molar-refractivity contribution in [3.63, 3.8) is 0 Å². The summed E-state index contributed by atoms with van der Waals surface area (Å²) in [4.78, 5) is 0. The first-order valence-electron chi connectivity index (χ1n) is 20.4. The summed E-state index contributed by atoms with van der Waals surface area (Å²) in [7, 11) is 0. The van der Waals surface area contributed by atoms with Crippen molar-refractivity contribution in [1.29, 1.82) is 10.5 Å². The Morgan fingerprint density at radius 1 is 0.295 bits per heavy atom. The molecule has 0 aliphatic rings. The Morgan fingerprint density at radius 3 is 0.902 bits per heavy atom. The molecule has 12 aromatic rings. The van der Waals surface area contributed by atoms with Gasteiger partial charge in [0.25, 0.3) is 0 Å². The zero-order valence-corrected chi connectivity index (χ0v) is 32.8. The third-order valence-electron chi connectivity index (χ3n) is 12.3. The van der Waals surface area contributed by atoms with E-state index in [0.717, 1.165) is 105 Å². The largest absolute Gasteiger partial charge is 0.308 e. The SMILES string of the molecule is N#Cc1cccc(-c2c(-n3c4ccccc4c4ccccc43)cc(-n3c4ccccc4c4ccccc43)c(-c3cccc(C#N)c3)c2-n2c3ccccc3c3ccccc32)c1. The highest BCUT2D eigenvalue weighted by Gasteiger charge is 2.29. The van der Waals surface area contributed by atoms with Crippen molar-refractivity contribution in [3.8, 4) is 51.5 Å². The van der Waals surface area contributed by atoms with E-state index in [0.29, 0.717) is 11.1 Å². The summed E-state index contributed by atoms with van der Waals surface area (Å²) in [5.74, 6) is 0. The fraction of sp³-hybridized carbons (Fsp3) is 0. The Bertz CT molecular complexity index is 3510. The third-order valence-corrected chi connectivity index (χ3v) is 12.3. The lowest BCUT2D eigenvalue weighted by molar-refractivity contribution is 1.10. The summed E-state index contributed by atoms with van der Waals surface area (Å²) >= 11 is 0. The number of aromatic nitrogens is 3. The molecule has 0 atom stereocenters. The van der Waals surface area contributed by atoms with E-state index in [1.54, 1.807) is 0 Å². The molecule has 0 saturated heterocycles. The van der Waals surface area contributed by atoms with Crippen molar-refractivity contribution >= 4 is 65.4 Å². The highest BCUT2D eigenvalue weighted by molar-refractivity contribution is 6.15. The second-order valence-corrected chi connectivity index (χ2v) is 15.5. The van der Waals surface area contributed by atoms with Gasteiger partial charge in [-0.05, 0) is 77.9 Å². The van der Waals surface area contributed by atoms with Gasteiger partial charge < -0.3 is 13.7 Å². The van der Waals surface area contributed by atoms with E-state index in [1.165, 1.54) is 0 Å². The summed E-state index contributed by atoms with van der Waals surface area (Å²) < 4.78 is 7.23. The summed E-state index contributed by atoms with van der Waals surface area (Å²) in [5.41, 5.74) is 14.1. The molecule has 61 heavy (non-hydrogen) atoms. The number of nitriles is 2. The highest BCUT2D eigenvalue weighted by Crippen LogP contribution is 2.50. The van der Waals surface area contributed by atoms with E-state index >= 15 is 0 Å². The van der Waals surface area contributed by atoms with Crippen LogP contribution in [-0.2, 0) is 0 Å². The molecule has 282 valence electrons. The lowest BCUT2D eigenvalue weighted by atomic mass is 9.90. The molecule has 5 heteroatoms. The van der Waals surface area contributed by atoms with E-state index in [1.807, 2.05) is 36.4 Å². The normalized spacial score (nSPS) is 11.6. The van der Waals surface area contributed by atoms with Crippen LogP contribution < -0.4 is 0 Å². The van der Waals surface area contributed by atoms with Gasteiger partial charge >= 0.3 is 0 Å². The van der Waals surface area contributed by atoms with Crippen LogP contribution in [0.4, 0.5) is 0 Å². The van der Waals surface area contributed by atoms with Gasteiger partial charge in [-0.3, -0.25) is 0 Å². The molecule has 0 unspecified atom stereocenters. The van der Waals surface area contributed by atoms with Crippen LogP contribution in [0.5, 0.6) is 0 Å². The molecule has 3 aromatic heterocycles. The zero-order valence-electron chi connectivity index (χ0n) is 32.8. The second kappa shape index (κ2) is 13.5. The van der Waals surface area contributed by atoms with Crippen LogP contribution in [0, 0.1) is 22.7 Å². The minimum Gasteiger partial charge on any atom is -0.308 e. The lowest BCUT2D eigenvalue weighted by Gasteiger charge is -2.27. The third kappa shape index (κ3) is 5.05. The van der Waals surface area contributed by atoms with Crippen LogP contribution in [0.15, 0.2) is 200 Å². The van der Waals surface area contributed by atoms with E-state index in [9.17, 15) is 10.5 Å². The Balaban J connectivity index is 1.42. The maximum absolute atomic E-state index is 10.4.